The summed E-state index contributed by atoms with van der Waals surface area (Å²) in [7, 11) is 0. The Kier molecular flexibility index (Phi) is 7.20. The van der Waals surface area contributed by atoms with Crippen LogP contribution in [0.2, 0.25) is 0 Å². The summed E-state index contributed by atoms with van der Waals surface area (Å²) >= 11 is 5.86. The number of hydrogen-bond donors (Lipinski definition) is 0. The Morgan fingerprint density at radius 3 is 2.38 bits per heavy atom. The van der Waals surface area contributed by atoms with Gasteiger partial charge in [-0.05, 0) is 30.6 Å². The molecule has 0 fully saturated rings. The van der Waals surface area contributed by atoms with Crippen molar-refractivity contribution in [1.82, 2.24) is 0 Å². The third-order valence-electron chi connectivity index (χ3n) is 2.44. The normalized spacial score (nSPS) is 12.8. The van der Waals surface area contributed by atoms with Gasteiger partial charge in [-0.2, -0.15) is 0 Å². The molecule has 0 nitrogen and oxygen atoms in total. The van der Waals surface area contributed by atoms with Crippen LogP contribution in [0.3, 0.4) is 0 Å². The van der Waals surface area contributed by atoms with Crippen molar-refractivity contribution in [2.45, 2.75) is 26.2 Å². The number of rotatable bonds is 4. The quantitative estimate of drug-likeness (QED) is 0.642. The minimum absolute atomic E-state index is 0. The molecular formula is C14H18Cl2. The minimum atomic E-state index is 0. The van der Waals surface area contributed by atoms with E-state index in [4.69, 9.17) is 11.6 Å². The van der Waals surface area contributed by atoms with Gasteiger partial charge in [0.1, 0.15) is 0 Å². The molecular weight excluding hydrogens is 239 g/mol. The summed E-state index contributed by atoms with van der Waals surface area (Å²) in [6, 6.07) is 10.4. The molecule has 0 bridgehead atoms. The average molecular weight is 257 g/mol. The zero-order valence-electron chi connectivity index (χ0n) is 9.74. The van der Waals surface area contributed by atoms with Crippen LogP contribution in [0, 0.1) is 0 Å². The van der Waals surface area contributed by atoms with E-state index in [1.807, 2.05) is 19.1 Å². The molecule has 1 aromatic carbocycles. The second kappa shape index (κ2) is 7.54. The van der Waals surface area contributed by atoms with Gasteiger partial charge in [0.05, 0.1) is 0 Å². The SMILES string of the molecule is C=C(/C=C(\C)Cl)C(CC)c1ccccc1.Cl. The number of benzene rings is 1. The summed E-state index contributed by atoms with van der Waals surface area (Å²) < 4.78 is 0. The van der Waals surface area contributed by atoms with Crippen LogP contribution in [0.25, 0.3) is 0 Å². The van der Waals surface area contributed by atoms with Crippen LogP contribution in [-0.4, -0.2) is 0 Å². The van der Waals surface area contributed by atoms with Gasteiger partial charge >= 0.3 is 0 Å². The van der Waals surface area contributed by atoms with Crippen LogP contribution in [0.5, 0.6) is 0 Å². The van der Waals surface area contributed by atoms with Gasteiger partial charge in [-0.3, -0.25) is 0 Å². The Labute approximate surface area is 109 Å². The van der Waals surface area contributed by atoms with Crippen LogP contribution in [0.1, 0.15) is 31.7 Å². The van der Waals surface area contributed by atoms with Crippen LogP contribution < -0.4 is 0 Å². The van der Waals surface area contributed by atoms with Crippen molar-refractivity contribution in [3.05, 3.63) is 59.2 Å². The van der Waals surface area contributed by atoms with E-state index in [0.717, 1.165) is 17.0 Å². The molecule has 0 spiro atoms. The molecule has 16 heavy (non-hydrogen) atoms. The van der Waals surface area contributed by atoms with E-state index >= 15 is 0 Å². The first kappa shape index (κ1) is 15.3. The maximum absolute atomic E-state index is 5.86. The van der Waals surface area contributed by atoms with Crippen molar-refractivity contribution in [2.75, 3.05) is 0 Å². The summed E-state index contributed by atoms with van der Waals surface area (Å²) in [5.74, 6) is 0.375. The molecule has 1 unspecified atom stereocenters. The standard InChI is InChI=1S/C14H17Cl.ClH/c1-4-14(11(2)10-12(3)15)13-8-6-5-7-9-13;/h5-10,14H,2,4H2,1,3H3;1H/b12-10+;. The first-order valence-corrected chi connectivity index (χ1v) is 5.60. The Morgan fingerprint density at radius 2 is 1.94 bits per heavy atom. The first-order chi connectivity index (χ1) is 7.15. The number of hydrogen-bond acceptors (Lipinski definition) is 0. The molecule has 0 aromatic heterocycles. The fourth-order valence-corrected chi connectivity index (χ4v) is 1.89. The number of halogens is 2. The molecule has 0 heterocycles. The largest absolute Gasteiger partial charge is 0.147 e. The summed E-state index contributed by atoms with van der Waals surface area (Å²) in [5.41, 5.74) is 2.38. The highest BCUT2D eigenvalue weighted by Crippen LogP contribution is 2.28. The molecule has 1 atom stereocenters. The van der Waals surface area contributed by atoms with E-state index < -0.39 is 0 Å². The molecule has 0 amide bonds. The lowest BCUT2D eigenvalue weighted by molar-refractivity contribution is 0.778. The van der Waals surface area contributed by atoms with Crippen molar-refractivity contribution in [3.8, 4) is 0 Å². The molecule has 88 valence electrons. The van der Waals surface area contributed by atoms with Crippen LogP contribution >= 0.6 is 24.0 Å². The minimum Gasteiger partial charge on any atom is -0.147 e. The highest BCUT2D eigenvalue weighted by Gasteiger charge is 2.10. The molecule has 1 rings (SSSR count). The van der Waals surface area contributed by atoms with E-state index in [2.05, 4.69) is 37.8 Å². The Hall–Kier alpha value is -0.720. The molecule has 1 aromatic rings. The van der Waals surface area contributed by atoms with Crippen LogP contribution in [0.15, 0.2) is 53.6 Å². The number of allylic oxidation sites excluding steroid dienone is 3. The smallest absolute Gasteiger partial charge is 0.0152 e. The highest BCUT2D eigenvalue weighted by molar-refractivity contribution is 6.29. The highest BCUT2D eigenvalue weighted by atomic mass is 35.5. The molecule has 0 saturated heterocycles. The third kappa shape index (κ3) is 4.42. The first-order valence-electron chi connectivity index (χ1n) is 5.22. The molecule has 2 heteroatoms. The Morgan fingerprint density at radius 1 is 1.38 bits per heavy atom. The maximum atomic E-state index is 5.86. The topological polar surface area (TPSA) is 0 Å². The van der Waals surface area contributed by atoms with E-state index in [0.29, 0.717) is 5.92 Å². The summed E-state index contributed by atoms with van der Waals surface area (Å²) in [6.45, 7) is 8.13. The van der Waals surface area contributed by atoms with Gasteiger partial charge in [-0.1, -0.05) is 55.4 Å². The molecule has 0 N–H and O–H groups in total. The molecule has 0 saturated carbocycles. The average Bonchev–Trinajstić information content (AvgIpc) is 2.19. The van der Waals surface area contributed by atoms with Gasteiger partial charge in [-0.15, -0.1) is 12.4 Å². The third-order valence-corrected chi connectivity index (χ3v) is 2.55. The lowest BCUT2D eigenvalue weighted by atomic mass is 9.89. The fraction of sp³-hybridized carbons (Fsp3) is 0.286. The maximum Gasteiger partial charge on any atom is 0.0152 e. The predicted molar refractivity (Wildman–Crippen MR) is 75.5 cm³/mol. The monoisotopic (exact) mass is 256 g/mol. The Balaban J connectivity index is 0.00000225. The van der Waals surface area contributed by atoms with Gasteiger partial charge in [0, 0.05) is 11.0 Å². The van der Waals surface area contributed by atoms with Crippen LogP contribution in [-0.2, 0) is 0 Å². The second-order valence-corrected chi connectivity index (χ2v) is 4.27. The molecule has 0 aliphatic heterocycles. The summed E-state index contributed by atoms with van der Waals surface area (Å²) in [6.07, 6.45) is 2.99. The molecule has 0 aliphatic carbocycles. The van der Waals surface area contributed by atoms with Crippen LogP contribution in [0.4, 0.5) is 0 Å². The summed E-state index contributed by atoms with van der Waals surface area (Å²) in [5, 5.41) is 0.786. The van der Waals surface area contributed by atoms with E-state index in [1.54, 1.807) is 0 Å². The zero-order chi connectivity index (χ0) is 11.3. The van der Waals surface area contributed by atoms with Crippen molar-refractivity contribution < 1.29 is 0 Å². The van der Waals surface area contributed by atoms with Crippen molar-refractivity contribution >= 4 is 24.0 Å². The van der Waals surface area contributed by atoms with Crippen molar-refractivity contribution in [1.29, 1.82) is 0 Å². The fourth-order valence-electron chi connectivity index (χ4n) is 1.75. The van der Waals surface area contributed by atoms with Crippen molar-refractivity contribution in [2.24, 2.45) is 0 Å². The van der Waals surface area contributed by atoms with Gasteiger partial charge in [0.2, 0.25) is 0 Å². The van der Waals surface area contributed by atoms with Gasteiger partial charge in [0.25, 0.3) is 0 Å². The van der Waals surface area contributed by atoms with Crippen molar-refractivity contribution in [3.63, 3.8) is 0 Å². The predicted octanol–water partition coefficient (Wildman–Crippen LogP) is 5.30. The zero-order valence-corrected chi connectivity index (χ0v) is 11.3. The van der Waals surface area contributed by atoms with Gasteiger partial charge in [0.15, 0.2) is 0 Å². The molecule has 0 radical (unpaired) electrons. The summed E-state index contributed by atoms with van der Waals surface area (Å²) in [4.78, 5) is 0. The Bertz CT molecular complexity index is 348. The van der Waals surface area contributed by atoms with E-state index in [-0.39, 0.29) is 12.4 Å². The van der Waals surface area contributed by atoms with E-state index in [9.17, 15) is 0 Å². The lowest BCUT2D eigenvalue weighted by Crippen LogP contribution is -1.98. The van der Waals surface area contributed by atoms with E-state index in [1.165, 1.54) is 5.56 Å². The lowest BCUT2D eigenvalue weighted by Gasteiger charge is -2.15. The van der Waals surface area contributed by atoms with Gasteiger partial charge in [-0.25, -0.2) is 0 Å². The molecule has 0 aliphatic rings. The van der Waals surface area contributed by atoms with Gasteiger partial charge < -0.3 is 0 Å². The second-order valence-electron chi connectivity index (χ2n) is 3.68.